The third-order valence-electron chi connectivity index (χ3n) is 2.66. The summed E-state index contributed by atoms with van der Waals surface area (Å²) in [6, 6.07) is -0.894. The predicted octanol–water partition coefficient (Wildman–Crippen LogP) is 1.15. The van der Waals surface area contributed by atoms with E-state index in [0.29, 0.717) is 4.90 Å². The molecule has 0 aromatic carbocycles. The number of carbonyl (C=O) groups is 2. The third-order valence-corrected chi connectivity index (χ3v) is 2.66. The molecule has 0 aromatic heterocycles. The molecular weight excluding hydrogens is 241 g/mol. The monoisotopic (exact) mass is 254 g/mol. The molecule has 0 atom stereocenters. The van der Waals surface area contributed by atoms with Gasteiger partial charge in [-0.3, -0.25) is 0 Å². The predicted molar refractivity (Wildman–Crippen MR) is 51.4 cm³/mol. The molecule has 1 aliphatic rings. The van der Waals surface area contributed by atoms with Gasteiger partial charge in [0.2, 0.25) is 0 Å². The van der Waals surface area contributed by atoms with Gasteiger partial charge in [-0.2, -0.15) is 13.2 Å². The molecule has 5 nitrogen and oxygen atoms in total. The number of carbonyl (C=O) groups excluding carboxylic acids is 1. The second-order valence-corrected chi connectivity index (χ2v) is 4.34. The molecule has 0 unspecified atom stereocenters. The Labute approximate surface area is 95.8 Å². The average Bonchev–Trinajstić information content (AvgIpc) is 2.45. The summed E-state index contributed by atoms with van der Waals surface area (Å²) in [6.07, 6.45) is -4.47. The molecule has 2 amide bonds. The van der Waals surface area contributed by atoms with Gasteiger partial charge in [0.05, 0.1) is 0 Å². The van der Waals surface area contributed by atoms with Crippen molar-refractivity contribution in [1.82, 2.24) is 9.80 Å². The number of nitrogens with zero attached hydrogens (tertiary/aromatic N) is 2. The lowest BCUT2D eigenvalue weighted by molar-refractivity contribution is -0.147. The lowest BCUT2D eigenvalue weighted by Crippen LogP contribution is -2.52. The van der Waals surface area contributed by atoms with Crippen LogP contribution < -0.4 is 0 Å². The van der Waals surface area contributed by atoms with Crippen molar-refractivity contribution < 1.29 is 27.9 Å². The highest BCUT2D eigenvalue weighted by Gasteiger charge is 2.45. The van der Waals surface area contributed by atoms with E-state index >= 15 is 0 Å². The number of urea groups is 1. The molecule has 0 spiro atoms. The zero-order chi connectivity index (χ0) is 13.4. The molecule has 8 heteroatoms. The SMILES string of the molecule is CC(C)(C(=O)O)N1CCN(CC(F)(F)F)C1=O. The smallest absolute Gasteiger partial charge is 0.406 e. The lowest BCUT2D eigenvalue weighted by Gasteiger charge is -2.31. The van der Waals surface area contributed by atoms with Gasteiger partial charge >= 0.3 is 18.2 Å². The molecule has 1 rings (SSSR count). The number of aliphatic carboxylic acids is 1. The molecule has 0 saturated carbocycles. The summed E-state index contributed by atoms with van der Waals surface area (Å²) in [5.74, 6) is -1.25. The molecule has 0 bridgehead atoms. The Balaban J connectivity index is 2.78. The van der Waals surface area contributed by atoms with Crippen LogP contribution in [0.15, 0.2) is 0 Å². The highest BCUT2D eigenvalue weighted by Crippen LogP contribution is 2.25. The zero-order valence-corrected chi connectivity index (χ0v) is 9.41. The van der Waals surface area contributed by atoms with E-state index in [1.807, 2.05) is 0 Å². The Morgan fingerprint density at radius 2 is 1.88 bits per heavy atom. The van der Waals surface area contributed by atoms with Crippen molar-refractivity contribution in [2.45, 2.75) is 25.6 Å². The van der Waals surface area contributed by atoms with Gasteiger partial charge in [-0.15, -0.1) is 0 Å². The Hall–Kier alpha value is -1.47. The largest absolute Gasteiger partial charge is 0.480 e. The molecule has 0 aromatic rings. The van der Waals surface area contributed by atoms with Crippen LogP contribution in [0.25, 0.3) is 0 Å². The van der Waals surface area contributed by atoms with Crippen molar-refractivity contribution in [3.05, 3.63) is 0 Å². The van der Waals surface area contributed by atoms with Crippen LogP contribution in [-0.2, 0) is 4.79 Å². The van der Waals surface area contributed by atoms with E-state index in [2.05, 4.69) is 0 Å². The summed E-state index contributed by atoms with van der Waals surface area (Å²) < 4.78 is 36.4. The van der Waals surface area contributed by atoms with E-state index in [0.717, 1.165) is 4.90 Å². The number of hydrogen-bond acceptors (Lipinski definition) is 2. The zero-order valence-electron chi connectivity index (χ0n) is 9.41. The normalized spacial score (nSPS) is 17.8. The van der Waals surface area contributed by atoms with E-state index in [9.17, 15) is 22.8 Å². The minimum atomic E-state index is -4.47. The van der Waals surface area contributed by atoms with Crippen molar-refractivity contribution in [2.24, 2.45) is 0 Å². The van der Waals surface area contributed by atoms with Crippen molar-refractivity contribution in [1.29, 1.82) is 0 Å². The first-order valence-corrected chi connectivity index (χ1v) is 4.92. The summed E-state index contributed by atoms with van der Waals surface area (Å²) in [6.45, 7) is 1.08. The molecule has 0 radical (unpaired) electrons. The van der Waals surface area contributed by atoms with Gasteiger partial charge in [-0.1, -0.05) is 0 Å². The third kappa shape index (κ3) is 2.80. The maximum Gasteiger partial charge on any atom is 0.406 e. The van der Waals surface area contributed by atoms with Gasteiger partial charge in [-0.25, -0.2) is 9.59 Å². The summed E-state index contributed by atoms with van der Waals surface area (Å²) in [5.41, 5.74) is -1.50. The van der Waals surface area contributed by atoms with Gasteiger partial charge < -0.3 is 14.9 Å². The van der Waals surface area contributed by atoms with Crippen molar-refractivity contribution in [3.8, 4) is 0 Å². The number of carboxylic acids is 1. The van der Waals surface area contributed by atoms with Gasteiger partial charge in [0.25, 0.3) is 0 Å². The molecule has 1 fully saturated rings. The van der Waals surface area contributed by atoms with Crippen LogP contribution in [0.5, 0.6) is 0 Å². The summed E-state index contributed by atoms with van der Waals surface area (Å²) >= 11 is 0. The molecule has 1 heterocycles. The van der Waals surface area contributed by atoms with Crippen LogP contribution in [0.1, 0.15) is 13.8 Å². The Bertz CT molecular complexity index is 341. The van der Waals surface area contributed by atoms with Crippen LogP contribution >= 0.6 is 0 Å². The second kappa shape index (κ2) is 4.08. The topological polar surface area (TPSA) is 60.9 Å². The summed E-state index contributed by atoms with van der Waals surface area (Å²) in [5, 5.41) is 8.90. The number of rotatable bonds is 3. The standard InChI is InChI=1S/C9H13F3N2O3/c1-8(2,6(15)16)14-4-3-13(7(14)17)5-9(10,11)12/h3-5H2,1-2H3,(H,15,16). The minimum Gasteiger partial charge on any atom is -0.480 e. The average molecular weight is 254 g/mol. The maximum absolute atomic E-state index is 12.1. The lowest BCUT2D eigenvalue weighted by atomic mass is 10.0. The van der Waals surface area contributed by atoms with Crippen molar-refractivity contribution in [3.63, 3.8) is 0 Å². The first-order chi connectivity index (χ1) is 7.55. The molecule has 0 aliphatic carbocycles. The van der Waals surface area contributed by atoms with Crippen LogP contribution in [-0.4, -0.2) is 58.3 Å². The molecule has 1 saturated heterocycles. The second-order valence-electron chi connectivity index (χ2n) is 4.34. The van der Waals surface area contributed by atoms with Crippen molar-refractivity contribution >= 4 is 12.0 Å². The van der Waals surface area contributed by atoms with Gasteiger partial charge in [0, 0.05) is 13.1 Å². The van der Waals surface area contributed by atoms with Gasteiger partial charge in [0.15, 0.2) is 0 Å². The van der Waals surface area contributed by atoms with Crippen LogP contribution in [0.2, 0.25) is 0 Å². The van der Waals surface area contributed by atoms with Crippen molar-refractivity contribution in [2.75, 3.05) is 19.6 Å². The van der Waals surface area contributed by atoms with Crippen LogP contribution in [0, 0.1) is 0 Å². The first kappa shape index (κ1) is 13.6. The quantitative estimate of drug-likeness (QED) is 0.821. The fourth-order valence-corrected chi connectivity index (χ4v) is 1.58. The van der Waals surface area contributed by atoms with E-state index in [1.165, 1.54) is 13.8 Å². The molecular formula is C9H13F3N2O3. The Kier molecular flexibility index (Phi) is 3.26. The van der Waals surface area contributed by atoms with E-state index in [-0.39, 0.29) is 13.1 Å². The fourth-order valence-electron chi connectivity index (χ4n) is 1.58. The molecule has 1 N–H and O–H groups in total. The number of halogens is 3. The minimum absolute atomic E-state index is 0.0196. The number of amides is 2. The van der Waals surface area contributed by atoms with Crippen LogP contribution in [0.4, 0.5) is 18.0 Å². The Morgan fingerprint density at radius 1 is 1.35 bits per heavy atom. The number of hydrogen-bond donors (Lipinski definition) is 1. The maximum atomic E-state index is 12.1. The van der Waals surface area contributed by atoms with E-state index < -0.39 is 30.3 Å². The summed E-state index contributed by atoms with van der Waals surface area (Å²) in [7, 11) is 0. The molecule has 17 heavy (non-hydrogen) atoms. The van der Waals surface area contributed by atoms with Gasteiger partial charge in [0.1, 0.15) is 12.1 Å². The number of carboxylic acid groups (broad SMARTS) is 1. The fraction of sp³-hybridized carbons (Fsp3) is 0.778. The number of alkyl halides is 3. The highest BCUT2D eigenvalue weighted by molar-refractivity contribution is 5.86. The van der Waals surface area contributed by atoms with Gasteiger partial charge in [-0.05, 0) is 13.8 Å². The van der Waals surface area contributed by atoms with E-state index in [1.54, 1.807) is 0 Å². The molecule has 1 aliphatic heterocycles. The first-order valence-electron chi connectivity index (χ1n) is 4.92. The van der Waals surface area contributed by atoms with E-state index in [4.69, 9.17) is 5.11 Å². The molecule has 98 valence electrons. The Morgan fingerprint density at radius 3 is 2.29 bits per heavy atom. The summed E-state index contributed by atoms with van der Waals surface area (Å²) in [4.78, 5) is 24.1. The van der Waals surface area contributed by atoms with Crippen LogP contribution in [0.3, 0.4) is 0 Å². The highest BCUT2D eigenvalue weighted by atomic mass is 19.4.